The van der Waals surface area contributed by atoms with Gasteiger partial charge in [-0.3, -0.25) is 0 Å². The molecule has 2 rings (SSSR count). The summed E-state index contributed by atoms with van der Waals surface area (Å²) < 4.78 is 26.1. The number of hydrogen-bond acceptors (Lipinski definition) is 0. The van der Waals surface area contributed by atoms with Crippen LogP contribution in [0, 0.1) is 16.7 Å². The third-order valence-electron chi connectivity index (χ3n) is 4.63. The topological polar surface area (TPSA) is 0 Å². The second kappa shape index (κ2) is 3.18. The Morgan fingerprint density at radius 1 is 0.933 bits per heavy atom. The van der Waals surface area contributed by atoms with Crippen LogP contribution in [0.1, 0.15) is 59.3 Å². The maximum Gasteiger partial charge on any atom is 0.248 e. The molecule has 2 saturated carbocycles. The first-order valence-electron chi connectivity index (χ1n) is 6.10. The average molecular weight is 216 g/mol. The van der Waals surface area contributed by atoms with Gasteiger partial charge in [-0.25, -0.2) is 8.78 Å². The quantitative estimate of drug-likeness (QED) is 0.553. The summed E-state index contributed by atoms with van der Waals surface area (Å²) in [4.78, 5) is 0. The molecule has 0 aromatic rings. The summed E-state index contributed by atoms with van der Waals surface area (Å²) in [5.41, 5.74) is 0.671. The summed E-state index contributed by atoms with van der Waals surface area (Å²) in [7, 11) is 0. The molecule has 0 nitrogen and oxygen atoms in total. The Labute approximate surface area is 91.4 Å². The van der Waals surface area contributed by atoms with Crippen molar-refractivity contribution in [1.82, 2.24) is 0 Å². The van der Waals surface area contributed by atoms with Crippen molar-refractivity contribution in [3.63, 3.8) is 0 Å². The Hall–Kier alpha value is -0.140. The Morgan fingerprint density at radius 3 is 1.80 bits per heavy atom. The van der Waals surface area contributed by atoms with Crippen LogP contribution in [0.2, 0.25) is 0 Å². The third-order valence-corrected chi connectivity index (χ3v) is 4.63. The highest BCUT2D eigenvalue weighted by Crippen LogP contribution is 2.61. The van der Waals surface area contributed by atoms with Gasteiger partial charge >= 0.3 is 0 Å². The first kappa shape index (κ1) is 11.3. The Balaban J connectivity index is 1.89. The fourth-order valence-electron chi connectivity index (χ4n) is 3.15. The van der Waals surface area contributed by atoms with Crippen molar-refractivity contribution in [1.29, 1.82) is 0 Å². The summed E-state index contributed by atoms with van der Waals surface area (Å²) >= 11 is 0. The molecule has 0 aliphatic heterocycles. The molecule has 0 atom stereocenters. The van der Waals surface area contributed by atoms with E-state index < -0.39 is 5.92 Å². The summed E-state index contributed by atoms with van der Waals surface area (Å²) in [5.74, 6) is -1.61. The van der Waals surface area contributed by atoms with Crippen molar-refractivity contribution < 1.29 is 8.78 Å². The predicted molar refractivity (Wildman–Crippen MR) is 58.0 cm³/mol. The van der Waals surface area contributed by atoms with Crippen LogP contribution in [0.4, 0.5) is 8.78 Å². The molecular formula is C13H22F2. The molecule has 1 spiro atoms. The predicted octanol–water partition coefficient (Wildman–Crippen LogP) is 4.64. The molecule has 88 valence electrons. The van der Waals surface area contributed by atoms with Gasteiger partial charge in [-0.15, -0.1) is 0 Å². The van der Waals surface area contributed by atoms with Crippen molar-refractivity contribution in [2.45, 2.75) is 65.2 Å². The fourth-order valence-corrected chi connectivity index (χ4v) is 3.15. The maximum absolute atomic E-state index is 13.0. The van der Waals surface area contributed by atoms with Gasteiger partial charge in [-0.05, 0) is 42.4 Å². The van der Waals surface area contributed by atoms with Crippen molar-refractivity contribution in [2.24, 2.45) is 16.7 Å². The molecule has 0 N–H and O–H groups in total. The highest BCUT2D eigenvalue weighted by Gasteiger charge is 2.52. The van der Waals surface area contributed by atoms with E-state index in [0.717, 1.165) is 18.8 Å². The van der Waals surface area contributed by atoms with Crippen LogP contribution < -0.4 is 0 Å². The van der Waals surface area contributed by atoms with Crippen molar-refractivity contribution >= 4 is 0 Å². The molecule has 0 saturated heterocycles. The van der Waals surface area contributed by atoms with Gasteiger partial charge in [0, 0.05) is 12.8 Å². The number of alkyl halides is 2. The number of hydrogen-bond donors (Lipinski definition) is 0. The molecule has 0 aromatic heterocycles. The third kappa shape index (κ3) is 2.19. The lowest BCUT2D eigenvalue weighted by Gasteiger charge is -2.55. The monoisotopic (exact) mass is 216 g/mol. The van der Waals surface area contributed by atoms with Crippen molar-refractivity contribution in [3.8, 4) is 0 Å². The van der Waals surface area contributed by atoms with Crippen LogP contribution in [0.5, 0.6) is 0 Å². The minimum Gasteiger partial charge on any atom is -0.207 e. The molecule has 15 heavy (non-hydrogen) atoms. The van der Waals surface area contributed by atoms with Gasteiger partial charge in [0.15, 0.2) is 0 Å². The van der Waals surface area contributed by atoms with E-state index in [4.69, 9.17) is 0 Å². The van der Waals surface area contributed by atoms with Gasteiger partial charge < -0.3 is 0 Å². The van der Waals surface area contributed by atoms with Gasteiger partial charge in [0.25, 0.3) is 0 Å². The fraction of sp³-hybridized carbons (Fsp3) is 1.00. The van der Waals surface area contributed by atoms with Gasteiger partial charge in [-0.1, -0.05) is 20.8 Å². The number of halogens is 2. The zero-order valence-corrected chi connectivity index (χ0v) is 10.1. The van der Waals surface area contributed by atoms with Gasteiger partial charge in [-0.2, -0.15) is 0 Å². The molecule has 2 aliphatic carbocycles. The highest BCUT2D eigenvalue weighted by molar-refractivity contribution is 5.01. The van der Waals surface area contributed by atoms with E-state index in [1.165, 1.54) is 12.8 Å². The molecule has 0 unspecified atom stereocenters. The molecular weight excluding hydrogens is 194 g/mol. The van der Waals surface area contributed by atoms with Crippen LogP contribution in [0.3, 0.4) is 0 Å². The van der Waals surface area contributed by atoms with Crippen molar-refractivity contribution in [2.75, 3.05) is 0 Å². The molecule has 0 heterocycles. The lowest BCUT2D eigenvalue weighted by Crippen LogP contribution is -2.46. The molecule has 0 radical (unpaired) electrons. The van der Waals surface area contributed by atoms with E-state index >= 15 is 0 Å². The first-order chi connectivity index (χ1) is 6.73. The van der Waals surface area contributed by atoms with E-state index in [9.17, 15) is 8.78 Å². The SMILES string of the molecule is CC(C)(C)C1CC2(CCC(F)(F)CC2)C1. The largest absolute Gasteiger partial charge is 0.248 e. The Kier molecular flexibility index (Phi) is 2.40. The molecule has 0 bridgehead atoms. The van der Waals surface area contributed by atoms with E-state index in [-0.39, 0.29) is 12.8 Å². The standard InChI is InChI=1S/C13H22F2/c1-11(2,3)10-8-12(9-10)4-6-13(14,15)7-5-12/h10H,4-9H2,1-3H3. The summed E-state index contributed by atoms with van der Waals surface area (Å²) in [6.07, 6.45) is 4.14. The zero-order chi connectivity index (χ0) is 11.3. The van der Waals surface area contributed by atoms with E-state index in [1.807, 2.05) is 0 Å². The molecule has 0 aromatic carbocycles. The average Bonchev–Trinajstić information content (AvgIpc) is 1.98. The van der Waals surface area contributed by atoms with E-state index in [1.54, 1.807) is 0 Å². The summed E-state index contributed by atoms with van der Waals surface area (Å²) in [5, 5.41) is 0. The first-order valence-corrected chi connectivity index (χ1v) is 6.10. The number of rotatable bonds is 0. The Bertz CT molecular complexity index is 232. The molecule has 0 amide bonds. The zero-order valence-electron chi connectivity index (χ0n) is 10.1. The van der Waals surface area contributed by atoms with Gasteiger partial charge in [0.2, 0.25) is 5.92 Å². The van der Waals surface area contributed by atoms with Crippen LogP contribution in [0.25, 0.3) is 0 Å². The lowest BCUT2D eigenvalue weighted by molar-refractivity contribution is -0.117. The Morgan fingerprint density at radius 2 is 1.40 bits per heavy atom. The van der Waals surface area contributed by atoms with Crippen LogP contribution >= 0.6 is 0 Å². The van der Waals surface area contributed by atoms with Crippen LogP contribution in [-0.2, 0) is 0 Å². The summed E-state index contributed by atoms with van der Waals surface area (Å²) in [6, 6.07) is 0. The van der Waals surface area contributed by atoms with E-state index in [2.05, 4.69) is 20.8 Å². The molecule has 2 heteroatoms. The second-order valence-electron chi connectivity index (χ2n) is 6.83. The lowest BCUT2D eigenvalue weighted by atomic mass is 9.50. The van der Waals surface area contributed by atoms with Gasteiger partial charge in [0.1, 0.15) is 0 Å². The second-order valence-corrected chi connectivity index (χ2v) is 6.83. The minimum absolute atomic E-state index is 0.129. The molecule has 2 aliphatic rings. The van der Waals surface area contributed by atoms with Crippen LogP contribution in [-0.4, -0.2) is 5.92 Å². The highest BCUT2D eigenvalue weighted by atomic mass is 19.3. The maximum atomic E-state index is 13.0. The van der Waals surface area contributed by atoms with Crippen LogP contribution in [0.15, 0.2) is 0 Å². The molecule has 2 fully saturated rings. The minimum atomic E-state index is -2.36. The van der Waals surface area contributed by atoms with Gasteiger partial charge in [0.05, 0.1) is 0 Å². The van der Waals surface area contributed by atoms with E-state index in [0.29, 0.717) is 10.8 Å². The summed E-state index contributed by atoms with van der Waals surface area (Å²) in [6.45, 7) is 6.80. The van der Waals surface area contributed by atoms with Crippen molar-refractivity contribution in [3.05, 3.63) is 0 Å². The smallest absolute Gasteiger partial charge is 0.207 e. The normalized spacial score (nSPS) is 30.2.